The molecule has 1 atom stereocenters. The van der Waals surface area contributed by atoms with Crippen molar-refractivity contribution in [3.05, 3.63) is 47.2 Å². The lowest BCUT2D eigenvalue weighted by molar-refractivity contribution is -0.159. The number of carbonyl (C=O) groups is 2. The number of piperazine rings is 1. The summed E-state index contributed by atoms with van der Waals surface area (Å²) in [6, 6.07) is 10.2. The number of hydrogen-bond donors (Lipinski definition) is 2. The van der Waals surface area contributed by atoms with E-state index < -0.39 is 11.9 Å². The van der Waals surface area contributed by atoms with Crippen molar-refractivity contribution in [3.8, 4) is 22.3 Å². The third-order valence-electron chi connectivity index (χ3n) is 5.52. The van der Waals surface area contributed by atoms with Gasteiger partial charge in [0.15, 0.2) is 11.5 Å². The lowest BCUT2D eigenvalue weighted by Gasteiger charge is -2.36. The first kappa shape index (κ1) is 26.1. The Labute approximate surface area is 206 Å². The Kier molecular flexibility index (Phi) is 9.18. The van der Waals surface area contributed by atoms with Crippen molar-refractivity contribution in [2.75, 3.05) is 40.4 Å². The third-order valence-corrected chi connectivity index (χ3v) is 6.38. The Morgan fingerprint density at radius 2 is 1.74 bits per heavy atom. The largest absolute Gasteiger partial charge is 0.493 e. The molecule has 0 spiro atoms. The number of rotatable bonds is 7. The van der Waals surface area contributed by atoms with E-state index in [2.05, 4.69) is 39.1 Å². The van der Waals surface area contributed by atoms with E-state index in [1.54, 1.807) is 25.6 Å². The highest BCUT2D eigenvalue weighted by Gasteiger charge is 2.26. The molecular weight excluding hydrogens is 476 g/mol. The molecule has 0 radical (unpaired) electrons. The fraction of sp³-hybridized carbons (Fsp3) is 0.391. The lowest BCUT2D eigenvalue weighted by Crippen LogP contribution is -2.46. The average Bonchev–Trinajstić information content (AvgIpc) is 3.57. The molecule has 1 saturated heterocycles. The van der Waals surface area contributed by atoms with Crippen LogP contribution >= 0.6 is 11.3 Å². The van der Waals surface area contributed by atoms with Crippen molar-refractivity contribution in [1.29, 1.82) is 0 Å². The predicted molar refractivity (Wildman–Crippen MR) is 128 cm³/mol. The van der Waals surface area contributed by atoms with E-state index in [1.165, 1.54) is 5.56 Å². The lowest BCUT2D eigenvalue weighted by atomic mass is 10.1. The number of hydrogen-bond acceptors (Lipinski definition) is 10. The number of carboxylic acids is 2. The maximum Gasteiger partial charge on any atom is 0.414 e. The minimum atomic E-state index is -1.82. The molecule has 0 bridgehead atoms. The van der Waals surface area contributed by atoms with Gasteiger partial charge in [-0.15, -0.1) is 21.5 Å². The molecule has 0 saturated carbocycles. The van der Waals surface area contributed by atoms with Crippen molar-refractivity contribution in [2.24, 2.45) is 0 Å². The van der Waals surface area contributed by atoms with Crippen LogP contribution in [0.25, 0.3) is 10.8 Å². The highest BCUT2D eigenvalue weighted by atomic mass is 32.1. The van der Waals surface area contributed by atoms with Crippen LogP contribution in [0.15, 0.2) is 40.1 Å². The summed E-state index contributed by atoms with van der Waals surface area (Å²) in [5.41, 5.74) is 1.22. The van der Waals surface area contributed by atoms with Crippen LogP contribution in [0.4, 0.5) is 0 Å². The van der Waals surface area contributed by atoms with E-state index in [0.717, 1.165) is 49.1 Å². The summed E-state index contributed by atoms with van der Waals surface area (Å²) in [4.78, 5) is 24.1. The van der Waals surface area contributed by atoms with Gasteiger partial charge in [-0.1, -0.05) is 12.1 Å². The Bertz CT molecular complexity index is 1100. The molecule has 3 aromatic rings. The number of carboxylic acid groups (broad SMARTS) is 2. The van der Waals surface area contributed by atoms with E-state index in [9.17, 15) is 0 Å². The van der Waals surface area contributed by atoms with Gasteiger partial charge >= 0.3 is 11.9 Å². The van der Waals surface area contributed by atoms with Gasteiger partial charge in [0.25, 0.3) is 5.89 Å². The molecule has 4 rings (SSSR count). The van der Waals surface area contributed by atoms with Crippen LogP contribution in [0.3, 0.4) is 0 Å². The molecule has 1 unspecified atom stereocenters. The van der Waals surface area contributed by atoms with Crippen LogP contribution in [0.1, 0.15) is 24.4 Å². The number of nitrogens with zero attached hydrogens (tertiary/aromatic N) is 4. The summed E-state index contributed by atoms with van der Waals surface area (Å²) in [6.45, 7) is 6.94. The van der Waals surface area contributed by atoms with Gasteiger partial charge in [0.05, 0.1) is 25.1 Å². The van der Waals surface area contributed by atoms with Crippen molar-refractivity contribution < 1.29 is 33.7 Å². The first-order chi connectivity index (χ1) is 16.8. The summed E-state index contributed by atoms with van der Waals surface area (Å²) >= 11 is 1.61. The zero-order valence-corrected chi connectivity index (χ0v) is 20.5. The van der Waals surface area contributed by atoms with Crippen LogP contribution < -0.4 is 9.47 Å². The zero-order valence-electron chi connectivity index (χ0n) is 19.7. The normalized spacial score (nSPS) is 15.1. The van der Waals surface area contributed by atoms with Crippen LogP contribution in [0.2, 0.25) is 0 Å². The molecule has 1 aliphatic heterocycles. The van der Waals surface area contributed by atoms with Crippen LogP contribution in [0.5, 0.6) is 11.5 Å². The number of thiophene rings is 1. The number of ether oxygens (including phenoxy) is 2. The predicted octanol–water partition coefficient (Wildman–Crippen LogP) is 2.85. The van der Waals surface area contributed by atoms with Crippen LogP contribution in [-0.2, 0) is 16.1 Å². The second kappa shape index (κ2) is 12.3. The highest BCUT2D eigenvalue weighted by Crippen LogP contribution is 2.29. The van der Waals surface area contributed by atoms with Gasteiger partial charge < -0.3 is 24.1 Å². The Hall–Kier alpha value is -3.48. The number of benzene rings is 1. The molecule has 3 heterocycles. The molecule has 2 N–H and O–H groups in total. The van der Waals surface area contributed by atoms with E-state index in [1.807, 2.05) is 23.6 Å². The van der Waals surface area contributed by atoms with Gasteiger partial charge in [0.1, 0.15) is 0 Å². The van der Waals surface area contributed by atoms with Crippen LogP contribution in [-0.4, -0.2) is 82.5 Å². The van der Waals surface area contributed by atoms with Crippen molar-refractivity contribution >= 4 is 23.3 Å². The smallest absolute Gasteiger partial charge is 0.414 e. The summed E-state index contributed by atoms with van der Waals surface area (Å²) in [5, 5.41) is 25.3. The van der Waals surface area contributed by atoms with Gasteiger partial charge in [-0.2, -0.15) is 0 Å². The Balaban J connectivity index is 0.000000509. The fourth-order valence-corrected chi connectivity index (χ4v) is 4.25. The fourth-order valence-electron chi connectivity index (χ4n) is 3.61. The molecule has 12 heteroatoms. The van der Waals surface area contributed by atoms with Crippen molar-refractivity contribution in [2.45, 2.75) is 19.5 Å². The van der Waals surface area contributed by atoms with E-state index in [-0.39, 0.29) is 6.04 Å². The minimum Gasteiger partial charge on any atom is -0.493 e. The second-order valence-corrected chi connectivity index (χ2v) is 8.66. The van der Waals surface area contributed by atoms with Crippen molar-refractivity contribution in [1.82, 2.24) is 20.0 Å². The number of methoxy groups -OCH3 is 2. The molecule has 0 aliphatic carbocycles. The van der Waals surface area contributed by atoms with Gasteiger partial charge in [-0.3, -0.25) is 9.80 Å². The molecule has 11 nitrogen and oxygen atoms in total. The van der Waals surface area contributed by atoms with Gasteiger partial charge in [0, 0.05) is 32.7 Å². The molecular formula is C23H28N4O7S. The summed E-state index contributed by atoms with van der Waals surface area (Å²) in [5.74, 6) is -0.827. The van der Waals surface area contributed by atoms with Crippen molar-refractivity contribution in [3.63, 3.8) is 0 Å². The topological polar surface area (TPSA) is 138 Å². The quantitative estimate of drug-likeness (QED) is 0.459. The third kappa shape index (κ3) is 7.01. The zero-order chi connectivity index (χ0) is 25.4. The molecule has 1 fully saturated rings. The molecule has 188 valence electrons. The minimum absolute atomic E-state index is 0.111. The molecule has 2 aromatic heterocycles. The molecule has 1 aromatic carbocycles. The van der Waals surface area contributed by atoms with E-state index in [4.69, 9.17) is 33.7 Å². The standard InChI is InChI=1S/C21H26N4O3S.C2H2O4/c1-15(20-22-23-21(28-20)19-5-4-12-29-19)25-10-8-24(9-11-25)14-16-6-7-17(26-2)18(13-16)27-3;3-1(4)2(5)6/h4-7,12-13,15H,8-11,14H2,1-3H3;(H,3,4)(H,5,6). The molecule has 0 amide bonds. The average molecular weight is 505 g/mol. The maximum atomic E-state index is 9.10. The van der Waals surface area contributed by atoms with E-state index in [0.29, 0.717) is 11.8 Å². The summed E-state index contributed by atoms with van der Waals surface area (Å²) in [7, 11) is 3.33. The van der Waals surface area contributed by atoms with Gasteiger partial charge in [0.2, 0.25) is 5.89 Å². The monoisotopic (exact) mass is 504 g/mol. The van der Waals surface area contributed by atoms with Crippen LogP contribution in [0, 0.1) is 0 Å². The van der Waals surface area contributed by atoms with Gasteiger partial charge in [-0.05, 0) is 36.1 Å². The van der Waals surface area contributed by atoms with E-state index >= 15 is 0 Å². The maximum absolute atomic E-state index is 9.10. The molecule has 1 aliphatic rings. The second-order valence-electron chi connectivity index (χ2n) is 7.71. The number of aliphatic carboxylic acids is 2. The highest BCUT2D eigenvalue weighted by molar-refractivity contribution is 7.13. The summed E-state index contributed by atoms with van der Waals surface area (Å²) < 4.78 is 16.7. The summed E-state index contributed by atoms with van der Waals surface area (Å²) in [6.07, 6.45) is 0. The Morgan fingerprint density at radius 3 is 2.31 bits per heavy atom. The van der Waals surface area contributed by atoms with Gasteiger partial charge in [-0.25, -0.2) is 9.59 Å². The Morgan fingerprint density at radius 1 is 1.06 bits per heavy atom. The number of aromatic nitrogens is 2. The SMILES string of the molecule is COc1ccc(CN2CCN(C(C)c3nnc(-c4cccs4)o3)CC2)cc1OC.O=C(O)C(=O)O. The first-order valence-corrected chi connectivity index (χ1v) is 11.7. The molecule has 35 heavy (non-hydrogen) atoms. The first-order valence-electron chi connectivity index (χ1n) is 10.8.